The molecule has 0 saturated heterocycles. The van der Waals surface area contributed by atoms with Gasteiger partial charge in [-0.3, -0.25) is 4.79 Å². The molecule has 0 atom stereocenters. The Morgan fingerprint density at radius 3 is 2.52 bits per heavy atom. The molecule has 0 aliphatic heterocycles. The number of hydrogen-bond donors (Lipinski definition) is 1. The van der Waals surface area contributed by atoms with E-state index in [1.54, 1.807) is 31.4 Å². The fourth-order valence-electron chi connectivity index (χ4n) is 2.56. The van der Waals surface area contributed by atoms with Gasteiger partial charge in [0.05, 0.1) is 12.7 Å². The Morgan fingerprint density at radius 1 is 1.00 bits per heavy atom. The number of ketones is 1. The molecule has 0 spiro atoms. The van der Waals surface area contributed by atoms with Gasteiger partial charge >= 0.3 is 0 Å². The summed E-state index contributed by atoms with van der Waals surface area (Å²) in [5.74, 6) is 0.426. The minimum Gasteiger partial charge on any atom is -0.507 e. The number of allylic oxidation sites excluding steroid dienone is 1. The maximum absolute atomic E-state index is 12.3. The number of para-hydroxylation sites is 1. The lowest BCUT2D eigenvalue weighted by Crippen LogP contribution is -1.95. The molecule has 3 aromatic rings. The van der Waals surface area contributed by atoms with Crippen LogP contribution in [0.3, 0.4) is 0 Å². The van der Waals surface area contributed by atoms with Gasteiger partial charge in [0.1, 0.15) is 11.5 Å². The number of ether oxygens (including phenoxy) is 1. The molecule has 3 nitrogen and oxygen atoms in total. The molecule has 0 saturated carbocycles. The normalized spacial score (nSPS) is 11.0. The largest absolute Gasteiger partial charge is 0.507 e. The van der Waals surface area contributed by atoms with Gasteiger partial charge in [-0.2, -0.15) is 0 Å². The number of phenolic OH excluding ortho intramolecular Hbond substituents is 1. The molecule has 0 unspecified atom stereocenters. The lowest BCUT2D eigenvalue weighted by molar-refractivity contribution is 0.104. The van der Waals surface area contributed by atoms with E-state index in [4.69, 9.17) is 4.74 Å². The summed E-state index contributed by atoms with van der Waals surface area (Å²) >= 11 is 0. The number of methoxy groups -OCH3 is 1. The molecule has 0 aromatic heterocycles. The summed E-state index contributed by atoms with van der Waals surface area (Å²) < 4.78 is 5.40. The lowest BCUT2D eigenvalue weighted by Gasteiger charge is -2.08. The van der Waals surface area contributed by atoms with Crippen LogP contribution >= 0.6 is 0 Å². The highest BCUT2D eigenvalue weighted by molar-refractivity contribution is 6.09. The number of hydrogen-bond acceptors (Lipinski definition) is 3. The van der Waals surface area contributed by atoms with Crippen molar-refractivity contribution in [3.05, 3.63) is 77.9 Å². The molecule has 1 N–H and O–H groups in total. The van der Waals surface area contributed by atoms with Crippen LogP contribution < -0.4 is 4.74 Å². The summed E-state index contributed by atoms with van der Waals surface area (Å²) in [4.78, 5) is 12.3. The van der Waals surface area contributed by atoms with E-state index in [0.29, 0.717) is 5.75 Å². The molecule has 0 aliphatic rings. The lowest BCUT2D eigenvalue weighted by atomic mass is 10.0. The van der Waals surface area contributed by atoms with Crippen LogP contribution in [0.15, 0.2) is 66.7 Å². The molecular weight excluding hydrogens is 288 g/mol. The van der Waals surface area contributed by atoms with Crippen molar-refractivity contribution in [3.63, 3.8) is 0 Å². The number of carbonyl (C=O) groups is 1. The molecule has 0 fully saturated rings. The van der Waals surface area contributed by atoms with E-state index in [1.807, 2.05) is 36.4 Å². The van der Waals surface area contributed by atoms with Crippen LogP contribution in [0, 0.1) is 0 Å². The number of carbonyl (C=O) groups excluding carboxylic acids is 1. The molecule has 0 bridgehead atoms. The molecule has 23 heavy (non-hydrogen) atoms. The molecular formula is C20H16O3. The van der Waals surface area contributed by atoms with Crippen molar-refractivity contribution in [2.24, 2.45) is 0 Å². The third kappa shape index (κ3) is 2.94. The van der Waals surface area contributed by atoms with Gasteiger partial charge in [-0.05, 0) is 41.1 Å². The van der Waals surface area contributed by atoms with E-state index in [1.165, 1.54) is 12.1 Å². The first-order chi connectivity index (χ1) is 11.2. The Morgan fingerprint density at radius 2 is 1.74 bits per heavy atom. The standard InChI is InChI=1S/C20H16O3/c1-23-20-13-10-14-6-2-3-7-15(14)16(20)11-12-19(22)17-8-4-5-9-18(17)21/h2-13,21H,1H3/b12-11+. The van der Waals surface area contributed by atoms with Crippen LogP contribution in [0.4, 0.5) is 0 Å². The van der Waals surface area contributed by atoms with Crippen molar-refractivity contribution in [1.29, 1.82) is 0 Å². The summed E-state index contributed by atoms with van der Waals surface area (Å²) in [6.45, 7) is 0. The first-order valence-electron chi connectivity index (χ1n) is 7.27. The van der Waals surface area contributed by atoms with Crippen molar-refractivity contribution >= 4 is 22.6 Å². The van der Waals surface area contributed by atoms with Crippen molar-refractivity contribution in [2.75, 3.05) is 7.11 Å². The monoisotopic (exact) mass is 304 g/mol. The molecule has 0 heterocycles. The quantitative estimate of drug-likeness (QED) is 0.572. The zero-order valence-electron chi connectivity index (χ0n) is 12.7. The Labute approximate surface area is 134 Å². The van der Waals surface area contributed by atoms with Crippen molar-refractivity contribution in [3.8, 4) is 11.5 Å². The van der Waals surface area contributed by atoms with E-state index in [2.05, 4.69) is 0 Å². The molecule has 3 aromatic carbocycles. The first kappa shape index (κ1) is 14.9. The van der Waals surface area contributed by atoms with Gasteiger partial charge in [0.15, 0.2) is 5.78 Å². The van der Waals surface area contributed by atoms with Crippen LogP contribution in [0.2, 0.25) is 0 Å². The predicted octanol–water partition coefficient (Wildman–Crippen LogP) is 4.45. The first-order valence-corrected chi connectivity index (χ1v) is 7.27. The van der Waals surface area contributed by atoms with Crippen molar-refractivity contribution in [2.45, 2.75) is 0 Å². The molecule has 3 heteroatoms. The molecule has 0 amide bonds. The SMILES string of the molecule is COc1ccc2ccccc2c1/C=C/C(=O)c1ccccc1O. The van der Waals surface area contributed by atoms with Gasteiger partial charge < -0.3 is 9.84 Å². The van der Waals surface area contributed by atoms with Gasteiger partial charge in [0.25, 0.3) is 0 Å². The highest BCUT2D eigenvalue weighted by Crippen LogP contribution is 2.29. The van der Waals surface area contributed by atoms with Crippen LogP contribution in [0.5, 0.6) is 11.5 Å². The maximum Gasteiger partial charge on any atom is 0.189 e. The highest BCUT2D eigenvalue weighted by Gasteiger charge is 2.09. The number of rotatable bonds is 4. The summed E-state index contributed by atoms with van der Waals surface area (Å²) in [5, 5.41) is 11.9. The van der Waals surface area contributed by atoms with Crippen molar-refractivity contribution in [1.82, 2.24) is 0 Å². The van der Waals surface area contributed by atoms with E-state index >= 15 is 0 Å². The Balaban J connectivity index is 2.04. The fourth-order valence-corrected chi connectivity index (χ4v) is 2.56. The van der Waals surface area contributed by atoms with Crippen LogP contribution in [-0.2, 0) is 0 Å². The third-order valence-electron chi connectivity index (χ3n) is 3.72. The molecule has 0 aliphatic carbocycles. The van der Waals surface area contributed by atoms with E-state index in [-0.39, 0.29) is 17.1 Å². The maximum atomic E-state index is 12.3. The van der Waals surface area contributed by atoms with Gasteiger partial charge in [0, 0.05) is 5.56 Å². The minimum atomic E-state index is -0.252. The van der Waals surface area contributed by atoms with Gasteiger partial charge in [0.2, 0.25) is 0 Å². The van der Waals surface area contributed by atoms with Gasteiger partial charge in [-0.1, -0.05) is 42.5 Å². The van der Waals surface area contributed by atoms with Crippen LogP contribution in [0.25, 0.3) is 16.8 Å². The molecule has 0 radical (unpaired) electrons. The van der Waals surface area contributed by atoms with Crippen molar-refractivity contribution < 1.29 is 14.6 Å². The number of benzene rings is 3. The second-order valence-electron chi connectivity index (χ2n) is 5.12. The van der Waals surface area contributed by atoms with Crippen LogP contribution in [-0.4, -0.2) is 18.0 Å². The van der Waals surface area contributed by atoms with E-state index < -0.39 is 0 Å². The zero-order chi connectivity index (χ0) is 16.2. The van der Waals surface area contributed by atoms with Gasteiger partial charge in [-0.15, -0.1) is 0 Å². The van der Waals surface area contributed by atoms with E-state index in [0.717, 1.165) is 16.3 Å². The summed E-state index contributed by atoms with van der Waals surface area (Å²) in [6.07, 6.45) is 3.19. The fraction of sp³-hybridized carbons (Fsp3) is 0.0500. The Hall–Kier alpha value is -3.07. The topological polar surface area (TPSA) is 46.5 Å². The van der Waals surface area contributed by atoms with Crippen LogP contribution in [0.1, 0.15) is 15.9 Å². The number of fused-ring (bicyclic) bond motifs is 1. The average molecular weight is 304 g/mol. The zero-order valence-corrected chi connectivity index (χ0v) is 12.7. The summed E-state index contributed by atoms with van der Waals surface area (Å²) in [6, 6.07) is 18.3. The molecule has 114 valence electrons. The second kappa shape index (κ2) is 6.36. The minimum absolute atomic E-state index is 0.0213. The molecule has 3 rings (SSSR count). The summed E-state index contributed by atoms with van der Waals surface area (Å²) in [5.41, 5.74) is 1.12. The number of phenols is 1. The third-order valence-corrected chi connectivity index (χ3v) is 3.72. The Bertz CT molecular complexity index is 894. The Kier molecular flexibility index (Phi) is 4.11. The second-order valence-corrected chi connectivity index (χ2v) is 5.12. The predicted molar refractivity (Wildman–Crippen MR) is 92.0 cm³/mol. The number of aromatic hydroxyl groups is 1. The van der Waals surface area contributed by atoms with Gasteiger partial charge in [-0.25, -0.2) is 0 Å². The smallest absolute Gasteiger partial charge is 0.189 e. The average Bonchev–Trinajstić information content (AvgIpc) is 2.59. The highest BCUT2D eigenvalue weighted by atomic mass is 16.5. The van der Waals surface area contributed by atoms with E-state index in [9.17, 15) is 9.90 Å². The summed E-state index contributed by atoms with van der Waals surface area (Å²) in [7, 11) is 1.60.